The van der Waals surface area contributed by atoms with E-state index in [-0.39, 0.29) is 23.5 Å². The fraction of sp³-hybridized carbons (Fsp3) is 0.214. The topological polar surface area (TPSA) is 104 Å². The van der Waals surface area contributed by atoms with E-state index in [4.69, 9.17) is 4.74 Å². The minimum atomic E-state index is -0.513. The molecule has 2 aromatic heterocycles. The second kappa shape index (κ2) is 6.08. The average Bonchev–Trinajstić information content (AvgIpc) is 2.80. The van der Waals surface area contributed by atoms with Gasteiger partial charge in [0.25, 0.3) is 5.91 Å². The zero-order valence-corrected chi connectivity index (χ0v) is 11.6. The molecule has 0 radical (unpaired) electrons. The molecule has 0 aliphatic carbocycles. The summed E-state index contributed by atoms with van der Waals surface area (Å²) in [5.74, 6) is -1.11. The second-order valence-electron chi connectivity index (χ2n) is 4.31. The van der Waals surface area contributed by atoms with Crippen LogP contribution in [0.1, 0.15) is 33.3 Å². The molecule has 0 aliphatic heterocycles. The third kappa shape index (κ3) is 3.19. The third-order valence-electron chi connectivity index (χ3n) is 2.79. The van der Waals surface area contributed by atoms with E-state index in [2.05, 4.69) is 15.3 Å². The van der Waals surface area contributed by atoms with E-state index >= 15 is 0 Å². The van der Waals surface area contributed by atoms with Crippen LogP contribution in [0.2, 0.25) is 0 Å². The van der Waals surface area contributed by atoms with E-state index in [0.29, 0.717) is 11.4 Å². The number of rotatable bonds is 4. The Morgan fingerprint density at radius 3 is 2.86 bits per heavy atom. The highest BCUT2D eigenvalue weighted by molar-refractivity contribution is 6.08. The Kier molecular flexibility index (Phi) is 4.22. The second-order valence-corrected chi connectivity index (χ2v) is 4.31. The minimum Gasteiger partial charge on any atom is -0.506 e. The molecule has 2 heterocycles. The maximum absolute atomic E-state index is 12.1. The number of carbonyl (C=O) groups is 2. The number of nitrogens with zero attached hydrogens (tertiary/aromatic N) is 1. The lowest BCUT2D eigenvalue weighted by atomic mass is 10.2. The molecule has 0 aromatic carbocycles. The Hall–Kier alpha value is -2.83. The maximum Gasteiger partial charge on any atom is 0.342 e. The molecule has 7 nitrogen and oxygen atoms in total. The molecule has 0 spiro atoms. The number of pyridine rings is 1. The van der Waals surface area contributed by atoms with Crippen LogP contribution in [0.5, 0.6) is 5.75 Å². The smallest absolute Gasteiger partial charge is 0.342 e. The molecular weight excluding hydrogens is 274 g/mol. The lowest BCUT2D eigenvalue weighted by molar-refractivity contribution is 0.0527. The van der Waals surface area contributed by atoms with Crippen LogP contribution in [-0.2, 0) is 4.74 Å². The molecule has 2 rings (SSSR count). The number of aromatic nitrogens is 2. The summed E-state index contributed by atoms with van der Waals surface area (Å²) >= 11 is 0. The van der Waals surface area contributed by atoms with Gasteiger partial charge in [0.1, 0.15) is 11.3 Å². The fourth-order valence-corrected chi connectivity index (χ4v) is 1.84. The van der Waals surface area contributed by atoms with Crippen LogP contribution in [0, 0.1) is 6.92 Å². The van der Waals surface area contributed by atoms with Gasteiger partial charge in [-0.15, -0.1) is 0 Å². The normalized spacial score (nSPS) is 10.2. The highest BCUT2D eigenvalue weighted by atomic mass is 16.5. The van der Waals surface area contributed by atoms with Gasteiger partial charge in [-0.05, 0) is 19.9 Å². The van der Waals surface area contributed by atoms with Crippen molar-refractivity contribution in [2.45, 2.75) is 13.8 Å². The number of anilines is 1. The predicted molar refractivity (Wildman–Crippen MR) is 75.3 cm³/mol. The summed E-state index contributed by atoms with van der Waals surface area (Å²) in [6, 6.07) is 1.28. The summed E-state index contributed by atoms with van der Waals surface area (Å²) in [5.41, 5.74) is 1.37. The summed E-state index contributed by atoms with van der Waals surface area (Å²) in [6.07, 6.45) is 4.05. The van der Waals surface area contributed by atoms with Gasteiger partial charge in [-0.2, -0.15) is 0 Å². The van der Waals surface area contributed by atoms with Crippen molar-refractivity contribution in [1.29, 1.82) is 0 Å². The van der Waals surface area contributed by atoms with Crippen molar-refractivity contribution in [3.05, 3.63) is 41.5 Å². The number of aromatic hydroxyl groups is 1. The monoisotopic (exact) mass is 289 g/mol. The lowest BCUT2D eigenvalue weighted by Gasteiger charge is -2.07. The first kappa shape index (κ1) is 14.6. The molecule has 0 saturated heterocycles. The predicted octanol–water partition coefficient (Wildman–Crippen LogP) is 1.85. The first-order valence-corrected chi connectivity index (χ1v) is 6.33. The quantitative estimate of drug-likeness (QED) is 0.745. The van der Waals surface area contributed by atoms with Gasteiger partial charge in [-0.3, -0.25) is 9.78 Å². The zero-order valence-electron chi connectivity index (χ0n) is 11.6. The van der Waals surface area contributed by atoms with Gasteiger partial charge in [0, 0.05) is 18.1 Å². The van der Waals surface area contributed by atoms with Gasteiger partial charge in [-0.25, -0.2) is 4.79 Å². The summed E-state index contributed by atoms with van der Waals surface area (Å²) in [7, 11) is 0. The summed E-state index contributed by atoms with van der Waals surface area (Å²) in [4.78, 5) is 30.5. The van der Waals surface area contributed by atoms with Gasteiger partial charge in [0.05, 0.1) is 24.1 Å². The molecule has 21 heavy (non-hydrogen) atoms. The molecule has 2 aromatic rings. The molecule has 0 unspecified atom stereocenters. The minimum absolute atomic E-state index is 0.112. The lowest BCUT2D eigenvalue weighted by Crippen LogP contribution is -2.15. The number of hydrogen-bond donors (Lipinski definition) is 3. The maximum atomic E-state index is 12.1. The van der Waals surface area contributed by atoms with Crippen LogP contribution in [0.3, 0.4) is 0 Å². The number of amides is 1. The summed E-state index contributed by atoms with van der Waals surface area (Å²) < 4.78 is 4.95. The molecule has 0 fully saturated rings. The highest BCUT2D eigenvalue weighted by Crippen LogP contribution is 2.21. The highest BCUT2D eigenvalue weighted by Gasteiger charge is 2.19. The van der Waals surface area contributed by atoms with Crippen LogP contribution < -0.4 is 5.32 Å². The van der Waals surface area contributed by atoms with Crippen molar-refractivity contribution in [2.24, 2.45) is 0 Å². The summed E-state index contributed by atoms with van der Waals surface area (Å²) in [6.45, 7) is 3.65. The van der Waals surface area contributed by atoms with E-state index in [1.807, 2.05) is 0 Å². The number of carbonyl (C=O) groups excluding carboxylic acids is 2. The van der Waals surface area contributed by atoms with Crippen LogP contribution in [-0.4, -0.2) is 33.6 Å². The number of nitrogens with one attached hydrogen (secondary N) is 2. The van der Waals surface area contributed by atoms with Crippen LogP contribution in [0.15, 0.2) is 24.7 Å². The van der Waals surface area contributed by atoms with Gasteiger partial charge in [-0.1, -0.05) is 0 Å². The Labute approximate surface area is 121 Å². The van der Waals surface area contributed by atoms with Crippen molar-refractivity contribution in [2.75, 3.05) is 11.9 Å². The van der Waals surface area contributed by atoms with E-state index in [0.717, 1.165) is 0 Å². The van der Waals surface area contributed by atoms with Crippen molar-refractivity contribution < 1.29 is 19.4 Å². The Balaban J connectivity index is 2.24. The number of hydrogen-bond acceptors (Lipinski definition) is 5. The van der Waals surface area contributed by atoms with E-state index in [9.17, 15) is 14.7 Å². The van der Waals surface area contributed by atoms with Crippen molar-refractivity contribution in [3.8, 4) is 5.75 Å². The van der Waals surface area contributed by atoms with Gasteiger partial charge in [0.2, 0.25) is 0 Å². The van der Waals surface area contributed by atoms with Crippen molar-refractivity contribution in [1.82, 2.24) is 9.97 Å². The van der Waals surface area contributed by atoms with E-state index in [1.54, 1.807) is 13.8 Å². The fourth-order valence-electron chi connectivity index (χ4n) is 1.84. The van der Waals surface area contributed by atoms with Crippen LogP contribution >= 0.6 is 0 Å². The SMILES string of the molecule is CCOC(=O)c1c(NC(=O)c2cncc(O)c2)c[nH]c1C. The van der Waals surface area contributed by atoms with Crippen molar-refractivity contribution in [3.63, 3.8) is 0 Å². The zero-order chi connectivity index (χ0) is 15.4. The molecule has 0 saturated carbocycles. The Morgan fingerprint density at radius 1 is 1.43 bits per heavy atom. The number of ether oxygens (including phenoxy) is 1. The Morgan fingerprint density at radius 2 is 2.19 bits per heavy atom. The van der Waals surface area contributed by atoms with Gasteiger partial charge >= 0.3 is 5.97 Å². The number of esters is 1. The first-order valence-electron chi connectivity index (χ1n) is 6.33. The molecule has 0 bridgehead atoms. The number of aryl methyl sites for hydroxylation is 1. The first-order chi connectivity index (χ1) is 10.0. The van der Waals surface area contributed by atoms with Crippen LogP contribution in [0.4, 0.5) is 5.69 Å². The number of H-pyrrole nitrogens is 1. The van der Waals surface area contributed by atoms with E-state index in [1.165, 1.54) is 24.7 Å². The van der Waals surface area contributed by atoms with Gasteiger partial charge in [0.15, 0.2) is 0 Å². The number of aromatic amines is 1. The molecule has 0 aliphatic rings. The van der Waals surface area contributed by atoms with Gasteiger partial charge < -0.3 is 20.1 Å². The largest absolute Gasteiger partial charge is 0.506 e. The average molecular weight is 289 g/mol. The van der Waals surface area contributed by atoms with Crippen LogP contribution in [0.25, 0.3) is 0 Å². The summed E-state index contributed by atoms with van der Waals surface area (Å²) in [5, 5.41) is 11.9. The molecular formula is C14H15N3O4. The molecule has 3 N–H and O–H groups in total. The third-order valence-corrected chi connectivity index (χ3v) is 2.79. The molecule has 110 valence electrons. The van der Waals surface area contributed by atoms with E-state index < -0.39 is 11.9 Å². The Bertz CT molecular complexity index is 679. The molecule has 7 heteroatoms. The molecule has 0 atom stereocenters. The van der Waals surface area contributed by atoms with Crippen molar-refractivity contribution >= 4 is 17.6 Å². The standard InChI is InChI=1S/C14H15N3O4/c1-3-21-14(20)12-8(2)16-7-11(12)17-13(19)9-4-10(18)6-15-5-9/h4-7,16,18H,3H2,1-2H3,(H,17,19). The molecule has 1 amide bonds.